The first-order valence-corrected chi connectivity index (χ1v) is 7.97. The Morgan fingerprint density at radius 1 is 1.21 bits per heavy atom. The largest absolute Gasteiger partial charge is 0.462 e. The van der Waals surface area contributed by atoms with E-state index in [-0.39, 0.29) is 11.2 Å². The number of nitrogens with one attached hydrogen (secondary N) is 2. The number of carbonyl (C=O) groups excluding carboxylic acids is 1. The van der Waals surface area contributed by atoms with E-state index < -0.39 is 0 Å². The van der Waals surface area contributed by atoms with Crippen molar-refractivity contribution >= 4 is 23.3 Å². The lowest BCUT2D eigenvalue weighted by atomic mass is 10.2. The van der Waals surface area contributed by atoms with Gasteiger partial charge in [0.05, 0.1) is 11.0 Å². The van der Waals surface area contributed by atoms with Gasteiger partial charge in [-0.15, -0.1) is 0 Å². The number of anilines is 1. The maximum atomic E-state index is 12.0. The minimum absolute atomic E-state index is 0.106. The molecule has 1 fully saturated rings. The van der Waals surface area contributed by atoms with Crippen molar-refractivity contribution in [1.82, 2.24) is 15.3 Å². The minimum Gasteiger partial charge on any atom is -0.462 e. The van der Waals surface area contributed by atoms with Crippen molar-refractivity contribution in [3.63, 3.8) is 0 Å². The highest BCUT2D eigenvalue weighted by Gasteiger charge is 2.15. The molecule has 1 aromatic carbocycles. The highest BCUT2D eigenvalue weighted by atomic mass is 16.5. The van der Waals surface area contributed by atoms with Crippen molar-refractivity contribution < 1.29 is 9.53 Å². The first-order valence-electron chi connectivity index (χ1n) is 7.97. The normalized spacial score (nSPS) is 14.7. The molecule has 7 heteroatoms. The van der Waals surface area contributed by atoms with Crippen LogP contribution in [0.15, 0.2) is 29.1 Å². The zero-order valence-electron chi connectivity index (χ0n) is 14.3. The molecular weight excluding hydrogens is 308 g/mol. The lowest BCUT2D eigenvalue weighted by Gasteiger charge is -2.27. The van der Waals surface area contributed by atoms with Crippen molar-refractivity contribution in [3.05, 3.63) is 34.6 Å². The third-order valence-corrected chi connectivity index (χ3v) is 3.40. The van der Waals surface area contributed by atoms with Gasteiger partial charge in [-0.3, -0.25) is 9.59 Å². The number of carbonyl (C=O) groups is 1. The van der Waals surface area contributed by atoms with Gasteiger partial charge in [0.25, 0.3) is 12.0 Å². The summed E-state index contributed by atoms with van der Waals surface area (Å²) in [6.45, 7) is 9.37. The molecule has 0 saturated carbocycles. The number of aromatic amines is 1. The van der Waals surface area contributed by atoms with Crippen LogP contribution in [0.4, 0.5) is 5.82 Å². The van der Waals surface area contributed by atoms with Gasteiger partial charge < -0.3 is 19.9 Å². The molecular formula is C17H24N4O3. The molecule has 1 aliphatic rings. The Labute approximate surface area is 141 Å². The number of nitrogens with zero attached hydrogens (tertiary/aromatic N) is 2. The van der Waals surface area contributed by atoms with Crippen LogP contribution in [0.25, 0.3) is 11.0 Å². The van der Waals surface area contributed by atoms with Gasteiger partial charge in [-0.1, -0.05) is 12.1 Å². The van der Waals surface area contributed by atoms with Crippen LogP contribution < -0.4 is 15.8 Å². The molecule has 0 amide bonds. The number of hydrogen-bond acceptors (Lipinski definition) is 6. The van der Waals surface area contributed by atoms with Crippen molar-refractivity contribution in [1.29, 1.82) is 0 Å². The van der Waals surface area contributed by atoms with Crippen molar-refractivity contribution in [3.8, 4) is 0 Å². The smallest absolute Gasteiger partial charge is 0.293 e. The van der Waals surface area contributed by atoms with Gasteiger partial charge in [-0.2, -0.15) is 0 Å². The van der Waals surface area contributed by atoms with Crippen LogP contribution in [0.2, 0.25) is 0 Å². The zero-order chi connectivity index (χ0) is 17.6. The Hall–Kier alpha value is -2.41. The Bertz CT molecular complexity index is 730. The lowest BCUT2D eigenvalue weighted by molar-refractivity contribution is -0.138. The van der Waals surface area contributed by atoms with Crippen LogP contribution in [0.1, 0.15) is 20.8 Å². The fourth-order valence-corrected chi connectivity index (χ4v) is 2.26. The van der Waals surface area contributed by atoms with Crippen LogP contribution in [0.5, 0.6) is 0 Å². The van der Waals surface area contributed by atoms with Gasteiger partial charge in [-0.25, -0.2) is 4.98 Å². The molecule has 7 nitrogen and oxygen atoms in total. The second-order valence-corrected chi connectivity index (χ2v) is 6.47. The molecule has 0 spiro atoms. The van der Waals surface area contributed by atoms with Crippen LogP contribution >= 0.6 is 0 Å². The van der Waals surface area contributed by atoms with Crippen molar-refractivity contribution in [2.24, 2.45) is 0 Å². The summed E-state index contributed by atoms with van der Waals surface area (Å²) in [5, 5.41) is 3.26. The molecule has 24 heavy (non-hydrogen) atoms. The molecule has 0 bridgehead atoms. The maximum Gasteiger partial charge on any atom is 0.293 e. The minimum atomic E-state index is -0.318. The number of rotatable bonds is 2. The molecule has 0 unspecified atom stereocenters. The van der Waals surface area contributed by atoms with E-state index in [1.54, 1.807) is 0 Å². The topological polar surface area (TPSA) is 87.3 Å². The second kappa shape index (κ2) is 7.92. The van der Waals surface area contributed by atoms with E-state index in [1.807, 2.05) is 49.9 Å². The average Bonchev–Trinajstić information content (AvgIpc) is 2.54. The first kappa shape index (κ1) is 17.9. The summed E-state index contributed by atoms with van der Waals surface area (Å²) in [5.74, 6) is 0.533. The number of hydrogen-bond donors (Lipinski definition) is 2. The van der Waals surface area contributed by atoms with Gasteiger partial charge in [0, 0.05) is 26.2 Å². The van der Waals surface area contributed by atoms with Gasteiger partial charge >= 0.3 is 0 Å². The molecule has 3 rings (SSSR count). The highest BCUT2D eigenvalue weighted by molar-refractivity contribution is 5.75. The van der Waals surface area contributed by atoms with Crippen LogP contribution in [0, 0.1) is 0 Å². The number of H-pyrrole nitrogens is 1. The molecule has 0 radical (unpaired) electrons. The molecule has 0 atom stereocenters. The Morgan fingerprint density at radius 2 is 1.88 bits per heavy atom. The van der Waals surface area contributed by atoms with Gasteiger partial charge in [0.15, 0.2) is 5.82 Å². The second-order valence-electron chi connectivity index (χ2n) is 6.47. The van der Waals surface area contributed by atoms with Crippen LogP contribution in [-0.4, -0.2) is 48.2 Å². The molecule has 130 valence electrons. The molecule has 1 aromatic heterocycles. The molecule has 1 saturated heterocycles. The summed E-state index contributed by atoms with van der Waals surface area (Å²) in [4.78, 5) is 30.9. The zero-order valence-corrected chi connectivity index (χ0v) is 14.3. The fourth-order valence-electron chi connectivity index (χ4n) is 2.26. The standard InChI is InChI=1S/C12H14N4O.C5H10O2/c17-12-11(16-7-5-13-6-8-16)14-9-3-1-2-4-10(9)15-12;1-5(2,3)7-4-6/h1-4,13H,5-8H2,(H,15,17);4H,1-3H3. The third-order valence-electron chi connectivity index (χ3n) is 3.40. The number of ether oxygens (including phenoxy) is 1. The monoisotopic (exact) mass is 332 g/mol. The summed E-state index contributed by atoms with van der Waals surface area (Å²) < 4.78 is 4.55. The number of benzene rings is 1. The third kappa shape index (κ3) is 5.06. The summed E-state index contributed by atoms with van der Waals surface area (Å²) >= 11 is 0. The summed E-state index contributed by atoms with van der Waals surface area (Å²) in [5.41, 5.74) is 1.20. The predicted molar refractivity (Wildman–Crippen MR) is 94.3 cm³/mol. The van der Waals surface area contributed by atoms with Gasteiger partial charge in [-0.05, 0) is 32.9 Å². The Balaban J connectivity index is 0.000000256. The Morgan fingerprint density at radius 3 is 2.46 bits per heavy atom. The molecule has 1 aliphatic heterocycles. The summed E-state index contributed by atoms with van der Waals surface area (Å²) in [6.07, 6.45) is 0. The van der Waals surface area contributed by atoms with Crippen molar-refractivity contribution in [2.45, 2.75) is 26.4 Å². The predicted octanol–water partition coefficient (Wildman–Crippen LogP) is 1.29. The van der Waals surface area contributed by atoms with E-state index in [0.29, 0.717) is 12.3 Å². The van der Waals surface area contributed by atoms with E-state index in [4.69, 9.17) is 0 Å². The molecule has 2 N–H and O–H groups in total. The number of para-hydroxylation sites is 2. The van der Waals surface area contributed by atoms with E-state index in [9.17, 15) is 9.59 Å². The van der Waals surface area contributed by atoms with Crippen LogP contribution in [0.3, 0.4) is 0 Å². The molecule has 0 aliphatic carbocycles. The SMILES string of the molecule is CC(C)(C)OC=O.O=c1[nH]c2ccccc2nc1N1CCNCC1. The molecule has 2 aromatic rings. The van der Waals surface area contributed by atoms with Crippen molar-refractivity contribution in [2.75, 3.05) is 31.1 Å². The number of piperazine rings is 1. The average molecular weight is 332 g/mol. The summed E-state index contributed by atoms with van der Waals surface area (Å²) in [7, 11) is 0. The fraction of sp³-hybridized carbons (Fsp3) is 0.471. The lowest BCUT2D eigenvalue weighted by Crippen LogP contribution is -2.45. The van der Waals surface area contributed by atoms with Gasteiger partial charge in [0.1, 0.15) is 5.60 Å². The van der Waals surface area contributed by atoms with E-state index in [1.165, 1.54) is 0 Å². The van der Waals surface area contributed by atoms with Crippen LogP contribution in [-0.2, 0) is 9.53 Å². The summed E-state index contributed by atoms with van der Waals surface area (Å²) in [6, 6.07) is 7.60. The quantitative estimate of drug-likeness (QED) is 0.806. The van der Waals surface area contributed by atoms with E-state index in [0.717, 1.165) is 37.2 Å². The van der Waals surface area contributed by atoms with Gasteiger partial charge in [0.2, 0.25) is 0 Å². The maximum absolute atomic E-state index is 12.0. The number of fused-ring (bicyclic) bond motifs is 1. The van der Waals surface area contributed by atoms with E-state index >= 15 is 0 Å². The Kier molecular flexibility index (Phi) is 5.92. The highest BCUT2D eigenvalue weighted by Crippen LogP contribution is 2.11. The number of aromatic nitrogens is 2. The van der Waals surface area contributed by atoms with E-state index in [2.05, 4.69) is 20.0 Å². The first-order chi connectivity index (χ1) is 11.4. The molecule has 2 heterocycles.